The molecule has 0 aliphatic carbocycles. The predicted octanol–water partition coefficient (Wildman–Crippen LogP) is 3.28. The Labute approximate surface area is 161 Å². The molecule has 1 atom stereocenters. The van der Waals surface area contributed by atoms with Crippen molar-refractivity contribution in [3.63, 3.8) is 0 Å². The maximum Gasteiger partial charge on any atom is 0.223 e. The second-order valence-electron chi connectivity index (χ2n) is 6.71. The highest BCUT2D eigenvalue weighted by Gasteiger charge is 2.28. The van der Waals surface area contributed by atoms with Crippen LogP contribution in [0.3, 0.4) is 0 Å². The molecule has 0 bridgehead atoms. The number of benzene rings is 2. The first-order chi connectivity index (χ1) is 13.5. The number of nitrogens with one attached hydrogen (secondary N) is 2. The lowest BCUT2D eigenvalue weighted by atomic mass is 9.93. The molecule has 1 aromatic heterocycles. The Bertz CT molecular complexity index is 1090. The standard InChI is InChI=1S/C21H19FN4O2/c1-13(27)26-9-8-14-4-2-3-5-16(14)19(26)11-21(28)23-12-20-24-17-7-6-15(22)10-18(17)25-20/h2-10,19H,11-12H2,1H3,(H,23,28)(H,24,25). The zero-order valence-corrected chi connectivity index (χ0v) is 15.3. The van der Waals surface area contributed by atoms with Crippen LogP contribution in [0.2, 0.25) is 0 Å². The van der Waals surface area contributed by atoms with E-state index in [0.717, 1.165) is 11.1 Å². The van der Waals surface area contributed by atoms with E-state index in [1.807, 2.05) is 30.3 Å². The summed E-state index contributed by atoms with van der Waals surface area (Å²) in [5.74, 6) is -0.128. The van der Waals surface area contributed by atoms with Crippen molar-refractivity contribution in [3.05, 3.63) is 71.4 Å². The summed E-state index contributed by atoms with van der Waals surface area (Å²) in [5, 5.41) is 2.82. The van der Waals surface area contributed by atoms with Gasteiger partial charge in [0.25, 0.3) is 0 Å². The van der Waals surface area contributed by atoms with Gasteiger partial charge >= 0.3 is 0 Å². The molecule has 2 heterocycles. The molecule has 4 rings (SSSR count). The summed E-state index contributed by atoms with van der Waals surface area (Å²) >= 11 is 0. The minimum absolute atomic E-state index is 0.122. The van der Waals surface area contributed by atoms with E-state index >= 15 is 0 Å². The molecular weight excluding hydrogens is 359 g/mol. The normalized spacial score (nSPS) is 15.5. The molecule has 2 aromatic carbocycles. The number of amides is 2. The number of H-pyrrole nitrogens is 1. The second-order valence-corrected chi connectivity index (χ2v) is 6.71. The van der Waals surface area contributed by atoms with Gasteiger partial charge in [0.15, 0.2) is 0 Å². The van der Waals surface area contributed by atoms with Gasteiger partial charge in [-0.15, -0.1) is 0 Å². The van der Waals surface area contributed by atoms with Crippen molar-refractivity contribution in [1.29, 1.82) is 0 Å². The molecule has 0 saturated heterocycles. The molecule has 142 valence electrons. The average molecular weight is 378 g/mol. The van der Waals surface area contributed by atoms with Crippen LogP contribution in [0.1, 0.15) is 36.3 Å². The third-order valence-corrected chi connectivity index (χ3v) is 4.79. The number of imidazole rings is 1. The van der Waals surface area contributed by atoms with Crippen LogP contribution in [-0.4, -0.2) is 26.7 Å². The molecule has 28 heavy (non-hydrogen) atoms. The van der Waals surface area contributed by atoms with E-state index in [2.05, 4.69) is 15.3 Å². The molecule has 0 fully saturated rings. The van der Waals surface area contributed by atoms with E-state index in [0.29, 0.717) is 16.9 Å². The molecule has 2 amide bonds. The van der Waals surface area contributed by atoms with Crippen molar-refractivity contribution in [2.45, 2.75) is 25.9 Å². The molecule has 0 spiro atoms. The van der Waals surface area contributed by atoms with Gasteiger partial charge in [-0.25, -0.2) is 9.37 Å². The zero-order valence-electron chi connectivity index (χ0n) is 15.3. The van der Waals surface area contributed by atoms with Crippen LogP contribution in [0.4, 0.5) is 4.39 Å². The number of aromatic nitrogens is 2. The number of carbonyl (C=O) groups is 2. The fraction of sp³-hybridized carbons (Fsp3) is 0.190. The molecule has 7 heteroatoms. The molecule has 1 unspecified atom stereocenters. The number of halogens is 1. The molecular formula is C21H19FN4O2. The lowest BCUT2D eigenvalue weighted by molar-refractivity contribution is -0.130. The Kier molecular flexibility index (Phi) is 4.65. The topological polar surface area (TPSA) is 78.1 Å². The fourth-order valence-corrected chi connectivity index (χ4v) is 3.46. The largest absolute Gasteiger partial charge is 0.349 e. The zero-order chi connectivity index (χ0) is 19.7. The van der Waals surface area contributed by atoms with Gasteiger partial charge in [-0.3, -0.25) is 9.59 Å². The summed E-state index contributed by atoms with van der Waals surface area (Å²) in [4.78, 5) is 33.5. The van der Waals surface area contributed by atoms with Gasteiger partial charge in [0, 0.05) is 13.1 Å². The van der Waals surface area contributed by atoms with Crippen molar-refractivity contribution in [1.82, 2.24) is 20.2 Å². The van der Waals surface area contributed by atoms with Crippen molar-refractivity contribution >= 4 is 28.9 Å². The number of rotatable bonds is 4. The fourth-order valence-electron chi connectivity index (χ4n) is 3.46. The third-order valence-electron chi connectivity index (χ3n) is 4.79. The first kappa shape index (κ1) is 17.9. The van der Waals surface area contributed by atoms with Crippen LogP contribution >= 0.6 is 0 Å². The molecule has 6 nitrogen and oxygen atoms in total. The summed E-state index contributed by atoms with van der Waals surface area (Å²) in [6.07, 6.45) is 3.73. The highest BCUT2D eigenvalue weighted by molar-refractivity contribution is 5.82. The highest BCUT2D eigenvalue weighted by atomic mass is 19.1. The lowest BCUT2D eigenvalue weighted by Crippen LogP contribution is -2.35. The summed E-state index contributed by atoms with van der Waals surface area (Å²) in [6, 6.07) is 11.6. The number of hydrogen-bond acceptors (Lipinski definition) is 3. The van der Waals surface area contributed by atoms with E-state index in [-0.39, 0.29) is 36.6 Å². The maximum atomic E-state index is 13.3. The van der Waals surface area contributed by atoms with Gasteiger partial charge in [0.1, 0.15) is 11.6 Å². The third kappa shape index (κ3) is 3.51. The Hall–Kier alpha value is -3.48. The minimum atomic E-state index is -0.358. The average Bonchev–Trinajstić information content (AvgIpc) is 3.08. The summed E-state index contributed by atoms with van der Waals surface area (Å²) < 4.78 is 13.3. The first-order valence-electron chi connectivity index (χ1n) is 8.98. The summed E-state index contributed by atoms with van der Waals surface area (Å²) in [6.45, 7) is 1.68. The summed E-state index contributed by atoms with van der Waals surface area (Å²) in [5.41, 5.74) is 3.16. The smallest absolute Gasteiger partial charge is 0.223 e. The van der Waals surface area contributed by atoms with E-state index in [4.69, 9.17) is 0 Å². The molecule has 1 aliphatic heterocycles. The highest BCUT2D eigenvalue weighted by Crippen LogP contribution is 2.32. The monoisotopic (exact) mass is 378 g/mol. The molecule has 2 N–H and O–H groups in total. The van der Waals surface area contributed by atoms with E-state index < -0.39 is 0 Å². The van der Waals surface area contributed by atoms with Crippen LogP contribution in [0.25, 0.3) is 17.1 Å². The molecule has 3 aromatic rings. The molecule has 0 radical (unpaired) electrons. The van der Waals surface area contributed by atoms with Crippen LogP contribution < -0.4 is 5.32 Å². The molecule has 1 aliphatic rings. The SMILES string of the molecule is CC(=O)N1C=Cc2ccccc2C1CC(=O)NCc1nc2ccc(F)cc2[nH]1. The van der Waals surface area contributed by atoms with Crippen molar-refractivity contribution in [2.75, 3.05) is 0 Å². The number of nitrogens with zero attached hydrogens (tertiary/aromatic N) is 2. The van der Waals surface area contributed by atoms with Gasteiger partial charge in [0.2, 0.25) is 11.8 Å². The van der Waals surface area contributed by atoms with E-state index in [1.54, 1.807) is 17.2 Å². The van der Waals surface area contributed by atoms with Gasteiger partial charge in [-0.05, 0) is 35.4 Å². The first-order valence-corrected chi connectivity index (χ1v) is 8.98. The number of carbonyl (C=O) groups excluding carboxylic acids is 2. The Morgan fingerprint density at radius 3 is 2.89 bits per heavy atom. The Morgan fingerprint density at radius 1 is 1.25 bits per heavy atom. The Morgan fingerprint density at radius 2 is 2.07 bits per heavy atom. The Balaban J connectivity index is 1.47. The quantitative estimate of drug-likeness (QED) is 0.731. The van der Waals surface area contributed by atoms with Crippen molar-refractivity contribution < 1.29 is 14.0 Å². The van der Waals surface area contributed by atoms with Gasteiger partial charge in [-0.2, -0.15) is 0 Å². The number of fused-ring (bicyclic) bond motifs is 2. The van der Waals surface area contributed by atoms with E-state index in [1.165, 1.54) is 19.1 Å². The van der Waals surface area contributed by atoms with Gasteiger partial charge < -0.3 is 15.2 Å². The molecule has 0 saturated carbocycles. The van der Waals surface area contributed by atoms with E-state index in [9.17, 15) is 14.0 Å². The van der Waals surface area contributed by atoms with Gasteiger partial charge in [0.05, 0.1) is 30.0 Å². The van der Waals surface area contributed by atoms with Crippen LogP contribution in [0.5, 0.6) is 0 Å². The second kappa shape index (κ2) is 7.26. The number of hydrogen-bond donors (Lipinski definition) is 2. The predicted molar refractivity (Wildman–Crippen MR) is 103 cm³/mol. The summed E-state index contributed by atoms with van der Waals surface area (Å²) in [7, 11) is 0. The van der Waals surface area contributed by atoms with Crippen molar-refractivity contribution in [3.8, 4) is 0 Å². The van der Waals surface area contributed by atoms with Crippen molar-refractivity contribution in [2.24, 2.45) is 0 Å². The lowest BCUT2D eigenvalue weighted by Gasteiger charge is -2.32. The van der Waals surface area contributed by atoms with Gasteiger partial charge in [-0.1, -0.05) is 24.3 Å². The van der Waals surface area contributed by atoms with Crippen LogP contribution in [-0.2, 0) is 16.1 Å². The van der Waals surface area contributed by atoms with Crippen LogP contribution in [0.15, 0.2) is 48.7 Å². The number of aromatic amines is 1. The minimum Gasteiger partial charge on any atom is -0.349 e. The van der Waals surface area contributed by atoms with Crippen LogP contribution in [0, 0.1) is 5.82 Å². The maximum absolute atomic E-state index is 13.3.